The molecule has 0 radical (unpaired) electrons. The van der Waals surface area contributed by atoms with Crippen LogP contribution in [0.4, 0.5) is 5.69 Å². The summed E-state index contributed by atoms with van der Waals surface area (Å²) in [6, 6.07) is 4.31. The van der Waals surface area contributed by atoms with Gasteiger partial charge in [0.2, 0.25) is 0 Å². The van der Waals surface area contributed by atoms with Gasteiger partial charge in [-0.3, -0.25) is 4.68 Å². The van der Waals surface area contributed by atoms with Crippen LogP contribution in [0.2, 0.25) is 5.15 Å². The van der Waals surface area contributed by atoms with Crippen molar-refractivity contribution in [2.45, 2.75) is 58.1 Å². The van der Waals surface area contributed by atoms with E-state index >= 15 is 0 Å². The molecule has 0 atom stereocenters. The van der Waals surface area contributed by atoms with E-state index in [0.29, 0.717) is 17.1 Å². The Kier molecular flexibility index (Phi) is 5.07. The Bertz CT molecular complexity index is 723. The third-order valence-electron chi connectivity index (χ3n) is 5.35. The lowest BCUT2D eigenvalue weighted by molar-refractivity contribution is -0.000389. The van der Waals surface area contributed by atoms with Crippen molar-refractivity contribution in [3.05, 3.63) is 29.2 Å². The Hall–Kier alpha value is -1.59. The highest BCUT2D eigenvalue weighted by atomic mass is 35.5. The number of hydrogen-bond acceptors (Lipinski definition) is 4. The van der Waals surface area contributed by atoms with E-state index in [1.807, 2.05) is 38.6 Å². The molecule has 5 nitrogen and oxygen atoms in total. The fourth-order valence-electron chi connectivity index (χ4n) is 3.61. The van der Waals surface area contributed by atoms with E-state index in [4.69, 9.17) is 11.6 Å². The lowest BCUT2D eigenvalue weighted by Gasteiger charge is -2.36. The second-order valence-electron chi connectivity index (χ2n) is 7.69. The molecule has 0 aliphatic heterocycles. The Morgan fingerprint density at radius 1 is 1.24 bits per heavy atom. The molecule has 2 aromatic heterocycles. The second-order valence-corrected chi connectivity index (χ2v) is 8.08. The highest BCUT2D eigenvalue weighted by Crippen LogP contribution is 2.35. The van der Waals surface area contributed by atoms with Crippen molar-refractivity contribution in [1.82, 2.24) is 14.8 Å². The molecule has 1 fully saturated rings. The zero-order chi connectivity index (χ0) is 18.2. The number of anilines is 1. The fraction of sp³-hybridized carbons (Fsp3) is 0.579. The van der Waals surface area contributed by atoms with Gasteiger partial charge in [-0.05, 0) is 64.5 Å². The van der Waals surface area contributed by atoms with Gasteiger partial charge in [0.1, 0.15) is 5.15 Å². The first-order valence-corrected chi connectivity index (χ1v) is 9.27. The van der Waals surface area contributed by atoms with Crippen LogP contribution in [-0.4, -0.2) is 31.5 Å². The number of halogens is 1. The first-order valence-electron chi connectivity index (χ1n) is 8.89. The molecular formula is C19H27ClN4O. The summed E-state index contributed by atoms with van der Waals surface area (Å²) in [6.07, 6.45) is 5.91. The van der Waals surface area contributed by atoms with Gasteiger partial charge in [0, 0.05) is 36.2 Å². The van der Waals surface area contributed by atoms with Gasteiger partial charge in [0.25, 0.3) is 0 Å². The molecule has 0 aromatic carbocycles. The maximum atomic E-state index is 10.2. The van der Waals surface area contributed by atoms with E-state index in [9.17, 15) is 5.11 Å². The molecule has 25 heavy (non-hydrogen) atoms. The molecule has 6 heteroatoms. The fourth-order valence-corrected chi connectivity index (χ4v) is 3.77. The monoisotopic (exact) mass is 362 g/mol. The normalized spacial score (nSPS) is 21.4. The molecule has 0 spiro atoms. The van der Waals surface area contributed by atoms with E-state index < -0.39 is 5.60 Å². The van der Waals surface area contributed by atoms with Crippen molar-refractivity contribution in [3.63, 3.8) is 0 Å². The molecule has 2 N–H and O–H groups in total. The topological polar surface area (TPSA) is 63.0 Å². The third-order valence-corrected chi connectivity index (χ3v) is 5.55. The Balaban J connectivity index is 1.78. The van der Waals surface area contributed by atoms with Crippen LogP contribution in [0.5, 0.6) is 0 Å². The summed E-state index contributed by atoms with van der Waals surface area (Å²) in [5.41, 5.74) is 3.35. The van der Waals surface area contributed by atoms with Crippen LogP contribution in [0.1, 0.15) is 45.2 Å². The number of rotatable bonds is 4. The van der Waals surface area contributed by atoms with Crippen molar-refractivity contribution < 1.29 is 5.11 Å². The van der Waals surface area contributed by atoms with Gasteiger partial charge in [-0.15, -0.1) is 0 Å². The average molecular weight is 363 g/mol. The maximum absolute atomic E-state index is 10.2. The summed E-state index contributed by atoms with van der Waals surface area (Å²) in [4.78, 5) is 4.24. The number of aliphatic hydroxyl groups is 1. The van der Waals surface area contributed by atoms with E-state index in [2.05, 4.69) is 21.5 Å². The van der Waals surface area contributed by atoms with Crippen LogP contribution < -0.4 is 5.32 Å². The molecule has 0 unspecified atom stereocenters. The minimum Gasteiger partial charge on any atom is -0.390 e. The molecule has 0 bridgehead atoms. The quantitative estimate of drug-likeness (QED) is 0.800. The molecule has 1 aliphatic rings. The number of aryl methyl sites for hydroxylation is 2. The number of nitrogens with zero attached hydrogens (tertiary/aromatic N) is 3. The van der Waals surface area contributed by atoms with Gasteiger partial charge in [0.05, 0.1) is 11.3 Å². The van der Waals surface area contributed by atoms with Crippen molar-refractivity contribution >= 4 is 17.3 Å². The average Bonchev–Trinajstić information content (AvgIpc) is 2.86. The van der Waals surface area contributed by atoms with Gasteiger partial charge in [-0.1, -0.05) is 11.6 Å². The summed E-state index contributed by atoms with van der Waals surface area (Å²) >= 11 is 6.13. The van der Waals surface area contributed by atoms with Crippen LogP contribution >= 0.6 is 11.6 Å². The van der Waals surface area contributed by atoms with Crippen LogP contribution in [0, 0.1) is 12.8 Å². The summed E-state index contributed by atoms with van der Waals surface area (Å²) in [7, 11) is 1.94. The molecular weight excluding hydrogens is 336 g/mol. The van der Waals surface area contributed by atoms with Gasteiger partial charge in [-0.25, -0.2) is 4.98 Å². The summed E-state index contributed by atoms with van der Waals surface area (Å²) in [5.74, 6) is 0.365. The Morgan fingerprint density at radius 2 is 1.92 bits per heavy atom. The van der Waals surface area contributed by atoms with Crippen LogP contribution in [0.15, 0.2) is 18.3 Å². The number of pyridine rings is 1. The lowest BCUT2D eigenvalue weighted by atomic mass is 9.77. The largest absolute Gasteiger partial charge is 0.390 e. The highest BCUT2D eigenvalue weighted by molar-refractivity contribution is 6.29. The second kappa shape index (κ2) is 6.96. The Labute approximate surface area is 154 Å². The number of aromatic nitrogens is 3. The van der Waals surface area contributed by atoms with E-state index in [1.165, 1.54) is 0 Å². The molecule has 2 heterocycles. The molecule has 0 amide bonds. The summed E-state index contributed by atoms with van der Waals surface area (Å²) < 4.78 is 1.86. The van der Waals surface area contributed by atoms with Crippen molar-refractivity contribution in [3.8, 4) is 11.3 Å². The SMILES string of the molecule is Cc1cc(-c2cnc(Cl)cc2NC2CCC(C(C)(C)O)CC2)nn1C. The summed E-state index contributed by atoms with van der Waals surface area (Å²) in [6.45, 7) is 5.86. The van der Waals surface area contributed by atoms with Gasteiger partial charge in [0.15, 0.2) is 0 Å². The molecule has 136 valence electrons. The minimum atomic E-state index is -0.596. The number of hydrogen-bond donors (Lipinski definition) is 2. The van der Waals surface area contributed by atoms with Crippen molar-refractivity contribution in [2.24, 2.45) is 13.0 Å². The smallest absolute Gasteiger partial charge is 0.131 e. The van der Waals surface area contributed by atoms with E-state index in [0.717, 1.165) is 48.3 Å². The molecule has 1 saturated carbocycles. The zero-order valence-electron chi connectivity index (χ0n) is 15.4. The van der Waals surface area contributed by atoms with Gasteiger partial charge in [-0.2, -0.15) is 5.10 Å². The highest BCUT2D eigenvalue weighted by Gasteiger charge is 2.31. The zero-order valence-corrected chi connectivity index (χ0v) is 16.1. The van der Waals surface area contributed by atoms with Crippen molar-refractivity contribution in [2.75, 3.05) is 5.32 Å². The van der Waals surface area contributed by atoms with Crippen molar-refractivity contribution in [1.29, 1.82) is 0 Å². The van der Waals surface area contributed by atoms with Crippen LogP contribution in [0.25, 0.3) is 11.3 Å². The standard InChI is InChI=1S/C19H27ClN4O/c1-12-9-17(23-24(12)4)15-11-21-18(20)10-16(15)22-14-7-5-13(6-8-14)19(2,3)25/h9-11,13-14,25H,5-8H2,1-4H3,(H,21,22). The lowest BCUT2D eigenvalue weighted by Crippen LogP contribution is -2.37. The van der Waals surface area contributed by atoms with E-state index in [-0.39, 0.29) is 0 Å². The molecule has 1 aliphatic carbocycles. The minimum absolute atomic E-state index is 0.365. The first-order chi connectivity index (χ1) is 11.7. The van der Waals surface area contributed by atoms with E-state index in [1.54, 1.807) is 6.20 Å². The Morgan fingerprint density at radius 3 is 2.48 bits per heavy atom. The molecule has 3 rings (SSSR count). The third kappa shape index (κ3) is 4.15. The van der Waals surface area contributed by atoms with Gasteiger partial charge >= 0.3 is 0 Å². The first kappa shape index (κ1) is 18.2. The summed E-state index contributed by atoms with van der Waals surface area (Å²) in [5, 5.41) is 18.9. The van der Waals surface area contributed by atoms with Gasteiger partial charge < -0.3 is 10.4 Å². The predicted octanol–water partition coefficient (Wildman–Crippen LogP) is 4.19. The predicted molar refractivity (Wildman–Crippen MR) is 102 cm³/mol. The van der Waals surface area contributed by atoms with Crippen LogP contribution in [0.3, 0.4) is 0 Å². The van der Waals surface area contributed by atoms with Crippen LogP contribution in [-0.2, 0) is 7.05 Å². The number of nitrogens with one attached hydrogen (secondary N) is 1. The molecule has 0 saturated heterocycles. The molecule has 2 aromatic rings. The maximum Gasteiger partial charge on any atom is 0.131 e.